The molecule has 0 aromatic rings. The van der Waals surface area contributed by atoms with Crippen molar-refractivity contribution < 1.29 is 124 Å². The topological polar surface area (TPSA) is 278 Å². The number of amides is 1. The largest absolute Gasteiger partial charge is 0.500 e. The van der Waals surface area contributed by atoms with Crippen molar-refractivity contribution in [2.24, 2.45) is 5.41 Å². The van der Waals surface area contributed by atoms with Gasteiger partial charge in [-0.15, -0.1) is 0 Å². The molecule has 1 unspecified atom stereocenters. The summed E-state index contributed by atoms with van der Waals surface area (Å²) in [6, 6.07) is 15.9. The van der Waals surface area contributed by atoms with E-state index < -0.39 is 104 Å². The van der Waals surface area contributed by atoms with E-state index in [0.717, 1.165) is 157 Å². The lowest BCUT2D eigenvalue weighted by atomic mass is 9.75. The molecule has 0 spiro atoms. The molecule has 0 aromatic heterocycles. The molecule has 29 nitrogen and oxygen atoms in total. The quantitative estimate of drug-likeness (QED) is 0.0554. The Morgan fingerprint density at radius 3 is 0.636 bits per heavy atom. The Kier molecular flexibility index (Phi) is 57.7. The van der Waals surface area contributed by atoms with E-state index in [1.807, 2.05) is 0 Å². The van der Waals surface area contributed by atoms with Crippen LogP contribution in [-0.2, 0) is 124 Å². The van der Waals surface area contributed by atoms with E-state index in [9.17, 15) is 4.79 Å². The van der Waals surface area contributed by atoms with Crippen LogP contribution in [0.1, 0.15) is 103 Å². The maximum Gasteiger partial charge on any atom is 0.500 e. The molecule has 107 heavy (non-hydrogen) atoms. The molecule has 1 atom stereocenters. The van der Waals surface area contributed by atoms with Crippen molar-refractivity contribution in [3.8, 4) is 0 Å². The third-order valence-corrected chi connectivity index (χ3v) is 64.8. The lowest BCUT2D eigenvalue weighted by molar-refractivity contribution is -0.119. The summed E-state index contributed by atoms with van der Waals surface area (Å²) in [7, 11) is 12.0. The van der Waals surface area contributed by atoms with Crippen LogP contribution in [-0.4, -0.2) is 309 Å². The summed E-state index contributed by atoms with van der Waals surface area (Å²) in [6.45, 7) is 2.15. The van der Waals surface area contributed by atoms with E-state index in [2.05, 4.69) is 5.32 Å². The summed E-state index contributed by atoms with van der Waals surface area (Å²) < 4.78 is 165. The number of carbonyl (C=O) groups excluding carboxylic acids is 1. The van der Waals surface area contributed by atoms with E-state index in [1.165, 1.54) is 0 Å². The summed E-state index contributed by atoms with van der Waals surface area (Å²) in [6.07, 6.45) is 12.9. The zero-order valence-corrected chi connectivity index (χ0v) is 84.5. The van der Waals surface area contributed by atoms with Gasteiger partial charge < -0.3 is 125 Å². The normalized spacial score (nSPS) is 14.1. The van der Waals surface area contributed by atoms with E-state index in [4.69, 9.17) is 120 Å². The van der Waals surface area contributed by atoms with E-state index in [-0.39, 0.29) is 16.9 Å². The first-order chi connectivity index (χ1) is 51.1. The van der Waals surface area contributed by atoms with Crippen molar-refractivity contribution in [3.05, 3.63) is 0 Å². The van der Waals surface area contributed by atoms with Crippen LogP contribution < -0.4 is 5.32 Å². The van der Waals surface area contributed by atoms with Gasteiger partial charge in [-0.25, -0.2) is 0 Å². The van der Waals surface area contributed by atoms with Crippen LogP contribution in [0, 0.1) is 5.41 Å². The van der Waals surface area contributed by atoms with E-state index in [0.29, 0.717) is 60.9 Å². The molecule has 0 saturated heterocycles. The molecule has 41 heteroatoms. The second-order valence-corrected chi connectivity index (χ2v) is 69.7. The van der Waals surface area contributed by atoms with E-state index >= 15 is 0 Å². The summed E-state index contributed by atoms with van der Waals surface area (Å²) in [4.78, 5) is 14.0. The molecule has 0 fully saturated rings. The number of carbonyl (C=O) groups is 1. The molecule has 642 valence electrons. The van der Waals surface area contributed by atoms with Gasteiger partial charge in [-0.05, 0) is 36.6 Å². The fourth-order valence-electron chi connectivity index (χ4n) is 16.5. The number of hydrogen-bond acceptors (Lipinski definition) is 28. The molecule has 1 N–H and O–H groups in total. The van der Waals surface area contributed by atoms with Crippen LogP contribution in [0.25, 0.3) is 0 Å². The maximum atomic E-state index is 14.0. The zero-order chi connectivity index (χ0) is 81.3. The third-order valence-electron chi connectivity index (χ3n) is 23.7. The predicted molar refractivity (Wildman–Crippen MR) is 445 cm³/mol. The van der Waals surface area contributed by atoms with Gasteiger partial charge in [-0.1, -0.05) is 131 Å². The molecule has 0 radical (unpaired) electrons. The first-order valence-corrected chi connectivity index (χ1v) is 63.6. The van der Waals surface area contributed by atoms with Gasteiger partial charge in [0.1, 0.15) is 0 Å². The first kappa shape index (κ1) is 108. The molecule has 0 heterocycles. The van der Waals surface area contributed by atoms with Crippen molar-refractivity contribution in [2.45, 2.75) is 224 Å². The minimum atomic E-state index is -3.11. The molecular weight excluding hydrogens is 1590 g/mol. The highest BCUT2D eigenvalue weighted by Gasteiger charge is 2.49. The molecule has 0 saturated carbocycles. The van der Waals surface area contributed by atoms with Crippen molar-refractivity contribution in [3.63, 3.8) is 0 Å². The second-order valence-electron chi connectivity index (χ2n) is 28.3. The fourth-order valence-corrected chi connectivity index (χ4v) is 49.8. The first-order valence-electron chi connectivity index (χ1n) is 38.2. The highest BCUT2D eigenvalue weighted by molar-refractivity contribution is 6.81. The van der Waals surface area contributed by atoms with Crippen molar-refractivity contribution in [2.75, 3.05) is 199 Å². The smallest absolute Gasteiger partial charge is 0.377 e. The second kappa shape index (κ2) is 57.2. The van der Waals surface area contributed by atoms with Crippen LogP contribution in [0.15, 0.2) is 0 Å². The lowest BCUT2D eigenvalue weighted by Gasteiger charge is -2.41. The number of hydrogen-bond donors (Lipinski definition) is 1. The SMILES string of the molecule is CO[Si](CCC[SiH](CCC[Si](OC)(OC)OC)C(CCC(CCC[Si](CCC[Si](OC)(OC)OC)(CCC[Si](OC)(OC)OC)CCC[Si](OC)(OC)OC)(CCC[Si](CCC[Si](OC)(OC)OC)(CCC[Si](OC)(OC)OC)CCC[Si](OC)(OC)OC)CNC(C)=O)CC[Si](OC)(OC)OC)(OC)OC. The Morgan fingerprint density at radius 1 is 0.252 bits per heavy atom. The van der Waals surface area contributed by atoms with Crippen molar-refractivity contribution in [1.29, 1.82) is 0 Å². The molecule has 0 aliphatic carbocycles. The monoisotopic (exact) mass is 1750 g/mol. The molecular formula is C66H157NO28Si12. The summed E-state index contributed by atoms with van der Waals surface area (Å²) in [5.74, 6) is -0.0664. The Labute approximate surface area is 663 Å². The number of rotatable bonds is 76. The number of nitrogens with one attached hydrogen (secondary N) is 1. The van der Waals surface area contributed by atoms with Crippen LogP contribution in [0.5, 0.6) is 0 Å². The third kappa shape index (κ3) is 35.6. The van der Waals surface area contributed by atoms with Crippen molar-refractivity contribution >= 4 is 110 Å². The van der Waals surface area contributed by atoms with Gasteiger partial charge in [-0.3, -0.25) is 4.79 Å². The van der Waals surface area contributed by atoms with Crippen LogP contribution in [0.2, 0.25) is 120 Å². The Bertz CT molecular complexity index is 1880. The van der Waals surface area contributed by atoms with Crippen LogP contribution in [0.3, 0.4) is 0 Å². The predicted octanol–water partition coefficient (Wildman–Crippen LogP) is 12.4. The molecule has 0 rings (SSSR count). The zero-order valence-electron chi connectivity index (χ0n) is 72.3. The van der Waals surface area contributed by atoms with Gasteiger partial charge in [0.2, 0.25) is 5.91 Å². The van der Waals surface area contributed by atoms with Crippen LogP contribution >= 0.6 is 0 Å². The maximum absolute atomic E-state index is 14.0. The van der Waals surface area contributed by atoms with Crippen molar-refractivity contribution in [1.82, 2.24) is 5.32 Å². The standard InChI is InChI=1S/C66H157NO28Si12/c1-64(68)67-63-66(43-39-65(40-62-107(93-26,94-27)95-28)96(44-31-54-99(69-2,70-3)71-4)45-32-55-100(72-5,73-6)74-7,41-29-46-97(48-33-56-101(75-8,76-9)77-10,49-34-57-102(78-11,79-12)80-13)50-35-58-103(81-14,82-15)83-16)42-30-47-98(51-36-59-104(84-17,85-18)86-19,52-37-60-105(87-20,88-21)89-22)53-38-61-106(90-23,91-24)92-25/h65,96H,29-63H2,1-28H3,(H,67,68). The average molecular weight is 1750 g/mol. The highest BCUT2D eigenvalue weighted by atomic mass is 28.4. The van der Waals surface area contributed by atoms with Gasteiger partial charge in [-0.2, -0.15) is 0 Å². The lowest BCUT2D eigenvalue weighted by Crippen LogP contribution is -2.45. The molecule has 0 aliphatic heterocycles. The van der Waals surface area contributed by atoms with Gasteiger partial charge in [0.25, 0.3) is 0 Å². The van der Waals surface area contributed by atoms with Gasteiger partial charge in [0.05, 0.1) is 16.1 Å². The summed E-state index contributed by atoms with van der Waals surface area (Å²) >= 11 is 0. The van der Waals surface area contributed by atoms with Crippen LogP contribution in [0.4, 0.5) is 0 Å². The Balaban J connectivity index is 9.54. The van der Waals surface area contributed by atoms with Gasteiger partial charge >= 0.3 is 79.2 Å². The van der Waals surface area contributed by atoms with Gasteiger partial charge in [0.15, 0.2) is 0 Å². The summed E-state index contributed by atoms with van der Waals surface area (Å²) in [5.41, 5.74) is -0.114. The highest BCUT2D eigenvalue weighted by Crippen LogP contribution is 2.47. The molecule has 0 aliphatic rings. The minimum absolute atomic E-state index is 0.0664. The fraction of sp³-hybridized carbons (Fsp3) is 0.985. The summed E-state index contributed by atoms with van der Waals surface area (Å²) in [5, 5.41) is 3.53. The molecule has 0 bridgehead atoms. The Hall–Kier alpha value is 0.993. The molecule has 0 aromatic carbocycles. The average Bonchev–Trinajstić information content (AvgIpc) is 0.830. The molecule has 1 amide bonds. The minimum Gasteiger partial charge on any atom is -0.377 e. The van der Waals surface area contributed by atoms with E-state index in [1.54, 1.807) is 199 Å². The Morgan fingerprint density at radius 2 is 0.439 bits per heavy atom. The van der Waals surface area contributed by atoms with Gasteiger partial charge in [0, 0.05) is 269 Å².